The third kappa shape index (κ3) is 3.69. The molecular formula is C14H27N3O. The van der Waals surface area contributed by atoms with Gasteiger partial charge in [0.1, 0.15) is 0 Å². The first-order chi connectivity index (χ1) is 8.66. The molecule has 0 aromatic heterocycles. The number of nitrogens with two attached hydrogens (primary N) is 1. The fourth-order valence-electron chi connectivity index (χ4n) is 3.14. The molecule has 0 aromatic carbocycles. The third-order valence-electron chi connectivity index (χ3n) is 4.43. The van der Waals surface area contributed by atoms with Gasteiger partial charge in [-0.05, 0) is 52.1 Å². The molecule has 0 radical (unpaired) electrons. The van der Waals surface area contributed by atoms with Crippen molar-refractivity contribution in [2.45, 2.75) is 57.5 Å². The Morgan fingerprint density at radius 2 is 2.06 bits per heavy atom. The Morgan fingerprint density at radius 3 is 2.67 bits per heavy atom. The van der Waals surface area contributed by atoms with E-state index in [2.05, 4.69) is 17.1 Å². The van der Waals surface area contributed by atoms with E-state index in [1.54, 1.807) is 0 Å². The number of rotatable bonds is 4. The number of piperidine rings is 1. The number of hydrogen-bond donors (Lipinski definition) is 2. The zero-order chi connectivity index (χ0) is 13.0. The molecule has 3 unspecified atom stereocenters. The molecule has 3 atom stereocenters. The van der Waals surface area contributed by atoms with Crippen molar-refractivity contribution in [3.63, 3.8) is 0 Å². The molecule has 1 saturated carbocycles. The average molecular weight is 253 g/mol. The summed E-state index contributed by atoms with van der Waals surface area (Å²) in [6, 6.07) is 0.699. The lowest BCUT2D eigenvalue weighted by Gasteiger charge is -2.32. The van der Waals surface area contributed by atoms with Gasteiger partial charge in [0.2, 0.25) is 5.91 Å². The van der Waals surface area contributed by atoms with Crippen LogP contribution < -0.4 is 11.1 Å². The van der Waals surface area contributed by atoms with Crippen molar-refractivity contribution in [1.82, 2.24) is 10.2 Å². The van der Waals surface area contributed by atoms with Gasteiger partial charge in [-0.1, -0.05) is 6.42 Å². The highest BCUT2D eigenvalue weighted by molar-refractivity contribution is 5.79. The zero-order valence-electron chi connectivity index (χ0n) is 11.5. The lowest BCUT2D eigenvalue weighted by molar-refractivity contribution is -0.125. The van der Waals surface area contributed by atoms with Gasteiger partial charge < -0.3 is 11.1 Å². The Labute approximate surface area is 110 Å². The van der Waals surface area contributed by atoms with E-state index in [9.17, 15) is 4.79 Å². The monoisotopic (exact) mass is 253 g/mol. The summed E-state index contributed by atoms with van der Waals surface area (Å²) in [7, 11) is 0. The van der Waals surface area contributed by atoms with Crippen molar-refractivity contribution in [3.8, 4) is 0 Å². The van der Waals surface area contributed by atoms with Crippen LogP contribution in [0, 0.1) is 5.92 Å². The number of hydrogen-bond acceptors (Lipinski definition) is 3. The molecule has 0 bridgehead atoms. The number of carbonyl (C=O) groups excluding carboxylic acids is 1. The Hall–Kier alpha value is -0.610. The maximum atomic E-state index is 12.0. The van der Waals surface area contributed by atoms with Crippen LogP contribution in [0.25, 0.3) is 0 Å². The summed E-state index contributed by atoms with van der Waals surface area (Å²) in [6.07, 6.45) is 6.79. The fraction of sp³-hybridized carbons (Fsp3) is 0.929. The van der Waals surface area contributed by atoms with E-state index in [0.29, 0.717) is 6.04 Å². The highest BCUT2D eigenvalue weighted by atomic mass is 16.1. The summed E-state index contributed by atoms with van der Waals surface area (Å²) < 4.78 is 0. The van der Waals surface area contributed by atoms with E-state index in [0.717, 1.165) is 25.8 Å². The lowest BCUT2D eigenvalue weighted by atomic mass is 10.1. The third-order valence-corrected chi connectivity index (χ3v) is 4.43. The first-order valence-corrected chi connectivity index (χ1v) is 7.44. The minimum atomic E-state index is 0.161. The Morgan fingerprint density at radius 1 is 1.33 bits per heavy atom. The van der Waals surface area contributed by atoms with Crippen molar-refractivity contribution < 1.29 is 4.79 Å². The Balaban J connectivity index is 1.68. The summed E-state index contributed by atoms with van der Waals surface area (Å²) in [5, 5.41) is 3.11. The second-order valence-electron chi connectivity index (χ2n) is 5.96. The minimum absolute atomic E-state index is 0.161. The second-order valence-corrected chi connectivity index (χ2v) is 5.96. The molecule has 1 amide bonds. The molecule has 1 saturated heterocycles. The van der Waals surface area contributed by atoms with Crippen LogP contribution in [-0.2, 0) is 4.79 Å². The number of nitrogens with one attached hydrogen (secondary N) is 1. The van der Waals surface area contributed by atoms with Crippen molar-refractivity contribution in [2.24, 2.45) is 11.7 Å². The van der Waals surface area contributed by atoms with E-state index in [-0.39, 0.29) is 17.9 Å². The molecule has 1 aliphatic heterocycles. The summed E-state index contributed by atoms with van der Waals surface area (Å²) in [6.45, 7) is 5.37. The largest absolute Gasteiger partial charge is 0.354 e. The van der Waals surface area contributed by atoms with E-state index < -0.39 is 0 Å². The zero-order valence-corrected chi connectivity index (χ0v) is 11.5. The van der Waals surface area contributed by atoms with Crippen LogP contribution >= 0.6 is 0 Å². The highest BCUT2D eigenvalue weighted by Crippen LogP contribution is 2.24. The van der Waals surface area contributed by atoms with Crippen LogP contribution in [0.2, 0.25) is 0 Å². The number of amides is 1. The Bertz CT molecular complexity index is 276. The van der Waals surface area contributed by atoms with Gasteiger partial charge in [0, 0.05) is 24.5 Å². The van der Waals surface area contributed by atoms with Crippen molar-refractivity contribution >= 4 is 5.91 Å². The number of likely N-dealkylation sites (tertiary alicyclic amines) is 1. The topological polar surface area (TPSA) is 58.4 Å². The predicted molar refractivity (Wildman–Crippen MR) is 73.2 cm³/mol. The predicted octanol–water partition coefficient (Wildman–Crippen LogP) is 1.10. The van der Waals surface area contributed by atoms with Gasteiger partial charge in [-0.3, -0.25) is 9.69 Å². The number of carbonyl (C=O) groups is 1. The van der Waals surface area contributed by atoms with Gasteiger partial charge in [0.05, 0.1) is 0 Å². The molecule has 4 nitrogen and oxygen atoms in total. The maximum absolute atomic E-state index is 12.0. The van der Waals surface area contributed by atoms with Crippen LogP contribution in [0.5, 0.6) is 0 Å². The van der Waals surface area contributed by atoms with Crippen molar-refractivity contribution in [2.75, 3.05) is 19.6 Å². The van der Waals surface area contributed by atoms with Crippen LogP contribution in [0.4, 0.5) is 0 Å². The summed E-state index contributed by atoms with van der Waals surface area (Å²) in [5.41, 5.74) is 5.85. The maximum Gasteiger partial charge on any atom is 0.223 e. The second kappa shape index (κ2) is 6.53. The molecule has 1 heterocycles. The summed E-state index contributed by atoms with van der Waals surface area (Å²) in [5.74, 6) is 0.375. The van der Waals surface area contributed by atoms with Crippen LogP contribution in [0.15, 0.2) is 0 Å². The molecule has 18 heavy (non-hydrogen) atoms. The molecule has 2 aliphatic rings. The smallest absolute Gasteiger partial charge is 0.223 e. The highest BCUT2D eigenvalue weighted by Gasteiger charge is 2.28. The molecule has 1 aliphatic carbocycles. The van der Waals surface area contributed by atoms with Crippen LogP contribution in [0.1, 0.15) is 45.4 Å². The Kier molecular flexibility index (Phi) is 5.01. The van der Waals surface area contributed by atoms with Gasteiger partial charge in [-0.25, -0.2) is 0 Å². The molecule has 2 fully saturated rings. The van der Waals surface area contributed by atoms with Crippen molar-refractivity contribution in [3.05, 3.63) is 0 Å². The summed E-state index contributed by atoms with van der Waals surface area (Å²) in [4.78, 5) is 14.5. The standard InChI is InChI=1S/C14H27N3O/c1-11(17-7-3-2-4-8-17)10-16-14(18)12-5-6-13(15)9-12/h11-13H,2-10,15H2,1H3,(H,16,18). The van der Waals surface area contributed by atoms with Crippen LogP contribution in [0.3, 0.4) is 0 Å². The summed E-state index contributed by atoms with van der Waals surface area (Å²) >= 11 is 0. The SMILES string of the molecule is CC(CNC(=O)C1CCC(N)C1)N1CCCCC1. The lowest BCUT2D eigenvalue weighted by Crippen LogP contribution is -2.45. The van der Waals surface area contributed by atoms with E-state index >= 15 is 0 Å². The van der Waals surface area contributed by atoms with Gasteiger partial charge >= 0.3 is 0 Å². The molecule has 0 aromatic rings. The normalized spacial score (nSPS) is 31.2. The van der Waals surface area contributed by atoms with Crippen molar-refractivity contribution in [1.29, 1.82) is 0 Å². The van der Waals surface area contributed by atoms with E-state index in [1.807, 2.05) is 0 Å². The van der Waals surface area contributed by atoms with E-state index in [4.69, 9.17) is 5.73 Å². The molecular weight excluding hydrogens is 226 g/mol. The minimum Gasteiger partial charge on any atom is -0.354 e. The van der Waals surface area contributed by atoms with Gasteiger partial charge in [0.25, 0.3) is 0 Å². The fourth-order valence-corrected chi connectivity index (χ4v) is 3.14. The molecule has 2 rings (SSSR count). The first kappa shape index (κ1) is 13.8. The quantitative estimate of drug-likeness (QED) is 0.789. The van der Waals surface area contributed by atoms with Gasteiger partial charge in [0.15, 0.2) is 0 Å². The van der Waals surface area contributed by atoms with Gasteiger partial charge in [-0.2, -0.15) is 0 Å². The molecule has 4 heteroatoms. The molecule has 104 valence electrons. The van der Waals surface area contributed by atoms with E-state index in [1.165, 1.54) is 32.4 Å². The molecule has 3 N–H and O–H groups in total. The van der Waals surface area contributed by atoms with Crippen LogP contribution in [-0.4, -0.2) is 42.5 Å². The number of nitrogens with zero attached hydrogens (tertiary/aromatic N) is 1. The first-order valence-electron chi connectivity index (χ1n) is 7.44. The van der Waals surface area contributed by atoms with Gasteiger partial charge in [-0.15, -0.1) is 0 Å². The average Bonchev–Trinajstić information content (AvgIpc) is 2.83. The molecule has 0 spiro atoms.